The van der Waals surface area contributed by atoms with Crippen LogP contribution in [0.3, 0.4) is 0 Å². The van der Waals surface area contributed by atoms with E-state index in [0.29, 0.717) is 5.71 Å². The van der Waals surface area contributed by atoms with E-state index in [1.165, 1.54) is 0 Å². The van der Waals surface area contributed by atoms with E-state index in [9.17, 15) is 5.21 Å². The van der Waals surface area contributed by atoms with Crippen LogP contribution in [0.4, 0.5) is 0 Å². The number of hydrogen-bond acceptors (Lipinski definition) is 2. The minimum Gasteiger partial charge on any atom is -0.410 e. The first-order chi connectivity index (χ1) is 15.4. The number of allylic oxidation sites excluding steroid dienone is 4. The Morgan fingerprint density at radius 2 is 0.613 bits per heavy atom. The number of hydrogen-bond donors (Lipinski definition) is 1. The predicted molar refractivity (Wildman–Crippen MR) is 129 cm³/mol. The fourth-order valence-corrected chi connectivity index (χ4v) is 4.27. The monoisotopic (exact) mass is 399 g/mol. The van der Waals surface area contributed by atoms with Gasteiger partial charge in [0, 0.05) is 22.3 Å². The highest BCUT2D eigenvalue weighted by atomic mass is 16.4. The molecule has 4 aromatic rings. The van der Waals surface area contributed by atoms with Crippen molar-refractivity contribution in [2.45, 2.75) is 0 Å². The van der Waals surface area contributed by atoms with Crippen LogP contribution in [0.25, 0.3) is 22.3 Å². The maximum atomic E-state index is 10.3. The molecule has 31 heavy (non-hydrogen) atoms. The summed E-state index contributed by atoms with van der Waals surface area (Å²) in [7, 11) is 0. The van der Waals surface area contributed by atoms with E-state index in [-0.39, 0.29) is 0 Å². The number of benzene rings is 4. The molecule has 5 rings (SSSR count). The van der Waals surface area contributed by atoms with Crippen molar-refractivity contribution in [3.05, 3.63) is 144 Å². The summed E-state index contributed by atoms with van der Waals surface area (Å²) in [6.07, 6.45) is 0. The number of nitrogens with zero attached hydrogens (tertiary/aromatic N) is 1. The number of oxime groups is 1. The molecule has 0 atom stereocenters. The maximum Gasteiger partial charge on any atom is 0.119 e. The first-order valence-corrected chi connectivity index (χ1v) is 10.3. The van der Waals surface area contributed by atoms with Gasteiger partial charge in [-0.3, -0.25) is 0 Å². The van der Waals surface area contributed by atoms with Crippen LogP contribution in [-0.2, 0) is 0 Å². The molecule has 0 aliphatic heterocycles. The number of rotatable bonds is 4. The Bertz CT molecular complexity index is 1190. The Morgan fingerprint density at radius 1 is 0.355 bits per heavy atom. The summed E-state index contributed by atoms with van der Waals surface area (Å²) in [5.41, 5.74) is 8.84. The lowest BCUT2D eigenvalue weighted by Crippen LogP contribution is -2.03. The van der Waals surface area contributed by atoms with Crippen LogP contribution in [0.2, 0.25) is 0 Å². The van der Waals surface area contributed by atoms with Crippen molar-refractivity contribution in [1.29, 1.82) is 0 Å². The van der Waals surface area contributed by atoms with Gasteiger partial charge in [-0.05, 0) is 22.3 Å². The Balaban J connectivity index is 1.91. The second-order valence-electron chi connectivity index (χ2n) is 7.41. The molecule has 2 nitrogen and oxygen atoms in total. The molecule has 1 aliphatic carbocycles. The van der Waals surface area contributed by atoms with Crippen molar-refractivity contribution in [2.24, 2.45) is 5.16 Å². The molecule has 2 heteroatoms. The zero-order chi connectivity index (χ0) is 21.0. The van der Waals surface area contributed by atoms with E-state index < -0.39 is 0 Å². The van der Waals surface area contributed by atoms with Gasteiger partial charge < -0.3 is 5.21 Å². The summed E-state index contributed by atoms with van der Waals surface area (Å²) in [5, 5.41) is 14.1. The molecule has 148 valence electrons. The quantitative estimate of drug-likeness (QED) is 0.289. The smallest absolute Gasteiger partial charge is 0.119 e. The van der Waals surface area contributed by atoms with Crippen LogP contribution in [-0.4, -0.2) is 10.9 Å². The molecule has 0 aromatic heterocycles. The fraction of sp³-hybridized carbons (Fsp3) is 0. The molecule has 0 spiro atoms. The van der Waals surface area contributed by atoms with Crippen LogP contribution in [0.1, 0.15) is 22.3 Å². The Kier molecular flexibility index (Phi) is 5.04. The van der Waals surface area contributed by atoms with E-state index in [0.717, 1.165) is 44.5 Å². The molecular formula is C29H21NO. The van der Waals surface area contributed by atoms with Crippen LogP contribution in [0.15, 0.2) is 126 Å². The third-order valence-electron chi connectivity index (χ3n) is 5.57. The lowest BCUT2D eigenvalue weighted by molar-refractivity contribution is 0.320. The minimum absolute atomic E-state index is 0.593. The summed E-state index contributed by atoms with van der Waals surface area (Å²) in [5.74, 6) is 0. The normalized spacial score (nSPS) is 13.6. The van der Waals surface area contributed by atoms with E-state index in [1.807, 2.05) is 72.8 Å². The highest BCUT2D eigenvalue weighted by Gasteiger charge is 2.34. The minimum atomic E-state index is 0.593. The van der Waals surface area contributed by atoms with Gasteiger partial charge in [-0.25, -0.2) is 0 Å². The first kappa shape index (κ1) is 18.8. The van der Waals surface area contributed by atoms with Crippen molar-refractivity contribution >= 4 is 28.0 Å². The predicted octanol–water partition coefficient (Wildman–Crippen LogP) is 7.05. The van der Waals surface area contributed by atoms with Crippen molar-refractivity contribution in [2.75, 3.05) is 0 Å². The topological polar surface area (TPSA) is 32.6 Å². The van der Waals surface area contributed by atoms with Crippen LogP contribution in [0, 0.1) is 0 Å². The van der Waals surface area contributed by atoms with Gasteiger partial charge in [-0.2, -0.15) is 0 Å². The third-order valence-corrected chi connectivity index (χ3v) is 5.57. The summed E-state index contributed by atoms with van der Waals surface area (Å²) < 4.78 is 0. The molecule has 0 unspecified atom stereocenters. The first-order valence-electron chi connectivity index (χ1n) is 10.3. The molecule has 0 amide bonds. The Hall–Kier alpha value is -4.17. The standard InChI is InChI=1S/C29H21NO/c31-30-29-27(23-17-9-3-10-18-23)25(21-13-5-1-6-14-21)26(22-15-7-2-8-16-22)28(29)24-19-11-4-12-20-24/h1-20,31H. The van der Waals surface area contributed by atoms with E-state index in [1.54, 1.807) is 0 Å². The SMILES string of the molecule is ON=C1C(c2ccccc2)=C(c2ccccc2)C(c2ccccc2)=C1c1ccccc1. The highest BCUT2D eigenvalue weighted by molar-refractivity contribution is 6.60. The summed E-state index contributed by atoms with van der Waals surface area (Å²) >= 11 is 0. The second-order valence-corrected chi connectivity index (χ2v) is 7.41. The molecule has 1 N–H and O–H groups in total. The molecule has 0 heterocycles. The zero-order valence-corrected chi connectivity index (χ0v) is 16.9. The van der Waals surface area contributed by atoms with E-state index in [4.69, 9.17) is 0 Å². The fourth-order valence-electron chi connectivity index (χ4n) is 4.27. The average Bonchev–Trinajstić information content (AvgIpc) is 3.21. The van der Waals surface area contributed by atoms with Crippen LogP contribution in [0.5, 0.6) is 0 Å². The molecule has 1 aliphatic rings. The van der Waals surface area contributed by atoms with Crippen molar-refractivity contribution < 1.29 is 5.21 Å². The summed E-state index contributed by atoms with van der Waals surface area (Å²) in [4.78, 5) is 0. The third kappa shape index (κ3) is 3.38. The average molecular weight is 399 g/mol. The van der Waals surface area contributed by atoms with Crippen molar-refractivity contribution in [3.63, 3.8) is 0 Å². The molecule has 0 saturated heterocycles. The van der Waals surface area contributed by atoms with Gasteiger partial charge in [0.15, 0.2) is 0 Å². The van der Waals surface area contributed by atoms with Gasteiger partial charge in [0.2, 0.25) is 0 Å². The van der Waals surface area contributed by atoms with Crippen molar-refractivity contribution in [3.8, 4) is 0 Å². The lowest BCUT2D eigenvalue weighted by atomic mass is 9.89. The van der Waals surface area contributed by atoms with Gasteiger partial charge in [0.25, 0.3) is 0 Å². The molecule has 0 fully saturated rings. The van der Waals surface area contributed by atoms with Crippen LogP contribution < -0.4 is 0 Å². The second kappa shape index (κ2) is 8.29. The summed E-state index contributed by atoms with van der Waals surface area (Å²) in [6, 6.07) is 41.0. The molecular weight excluding hydrogens is 378 g/mol. The Morgan fingerprint density at radius 3 is 0.871 bits per heavy atom. The van der Waals surface area contributed by atoms with Crippen molar-refractivity contribution in [1.82, 2.24) is 0 Å². The molecule has 0 saturated carbocycles. The van der Waals surface area contributed by atoms with Gasteiger partial charge in [-0.15, -0.1) is 0 Å². The van der Waals surface area contributed by atoms with E-state index in [2.05, 4.69) is 53.7 Å². The maximum absolute atomic E-state index is 10.3. The van der Waals surface area contributed by atoms with Gasteiger partial charge in [0.05, 0.1) is 0 Å². The highest BCUT2D eigenvalue weighted by Crippen LogP contribution is 2.50. The summed E-state index contributed by atoms with van der Waals surface area (Å²) in [6.45, 7) is 0. The van der Waals surface area contributed by atoms with Gasteiger partial charge >= 0.3 is 0 Å². The van der Waals surface area contributed by atoms with E-state index >= 15 is 0 Å². The largest absolute Gasteiger partial charge is 0.410 e. The molecule has 0 bridgehead atoms. The lowest BCUT2D eigenvalue weighted by Gasteiger charge is -2.13. The Labute approximate surface area is 182 Å². The zero-order valence-electron chi connectivity index (χ0n) is 16.9. The molecule has 4 aromatic carbocycles. The van der Waals surface area contributed by atoms with Gasteiger partial charge in [0.1, 0.15) is 5.71 Å². The molecule has 0 radical (unpaired) electrons. The van der Waals surface area contributed by atoms with Gasteiger partial charge in [-0.1, -0.05) is 126 Å². The van der Waals surface area contributed by atoms with Crippen LogP contribution >= 0.6 is 0 Å².